The Balaban J connectivity index is 1.70. The number of carbonyl (C=O) groups is 1. The Morgan fingerprint density at radius 3 is 2.31 bits per heavy atom. The number of fused-ring (bicyclic) bond motifs is 5. The number of rotatable bonds is 4. The van der Waals surface area contributed by atoms with Crippen LogP contribution in [0.15, 0.2) is 66.7 Å². The molecule has 5 rings (SSSR count). The van der Waals surface area contributed by atoms with Gasteiger partial charge in [0, 0.05) is 10.9 Å². The van der Waals surface area contributed by atoms with Gasteiger partial charge in [0.05, 0.1) is 17.1 Å². The van der Waals surface area contributed by atoms with Crippen molar-refractivity contribution in [3.63, 3.8) is 0 Å². The van der Waals surface area contributed by atoms with E-state index in [4.69, 9.17) is 4.18 Å². The van der Waals surface area contributed by atoms with Crippen LogP contribution in [0, 0.1) is 20.8 Å². The first-order valence-corrected chi connectivity index (χ1v) is 12.1. The molecule has 1 unspecified atom stereocenters. The molecule has 4 aromatic rings. The molecule has 0 saturated carbocycles. The molecule has 162 valence electrons. The zero-order valence-corrected chi connectivity index (χ0v) is 18.9. The Kier molecular flexibility index (Phi) is 4.71. The maximum absolute atomic E-state index is 13.8. The average Bonchev–Trinajstić information content (AvgIpc) is 3.07. The minimum Gasteiger partial charge on any atom is -0.382 e. The second-order valence-electron chi connectivity index (χ2n) is 8.31. The van der Waals surface area contributed by atoms with Crippen molar-refractivity contribution in [2.75, 3.05) is 5.75 Å². The van der Waals surface area contributed by atoms with Crippen LogP contribution < -0.4 is 4.18 Å². The van der Waals surface area contributed by atoms with Crippen LogP contribution in [0.1, 0.15) is 33.0 Å². The molecule has 1 aromatic heterocycles. The predicted molar refractivity (Wildman–Crippen MR) is 126 cm³/mol. The maximum Gasteiger partial charge on any atom is 0.310 e. The number of hydrogen-bond donors (Lipinski definition) is 0. The molecule has 2 heterocycles. The van der Waals surface area contributed by atoms with Crippen LogP contribution in [0.5, 0.6) is 5.75 Å². The van der Waals surface area contributed by atoms with Crippen molar-refractivity contribution in [1.82, 2.24) is 4.57 Å². The van der Waals surface area contributed by atoms with Crippen LogP contribution in [0.2, 0.25) is 0 Å². The molecule has 1 atom stereocenters. The molecule has 1 aliphatic rings. The van der Waals surface area contributed by atoms with Crippen LogP contribution in [-0.4, -0.2) is 24.6 Å². The number of carbonyl (C=O) groups excluding carboxylic acids is 1. The molecule has 6 heteroatoms. The Morgan fingerprint density at radius 1 is 0.875 bits per heavy atom. The Labute approximate surface area is 187 Å². The Morgan fingerprint density at radius 2 is 1.56 bits per heavy atom. The Bertz CT molecular complexity index is 1480. The SMILES string of the molecule is Cc1ccc2c(c1C)C(CS(=O)(=O)Oc1ccccc1)C(=O)n1c-2c(C)c2ccccc21. The lowest BCUT2D eigenvalue weighted by Crippen LogP contribution is -2.33. The zero-order chi connectivity index (χ0) is 22.6. The number of para-hydroxylation sites is 2. The van der Waals surface area contributed by atoms with Crippen LogP contribution >= 0.6 is 0 Å². The van der Waals surface area contributed by atoms with Crippen molar-refractivity contribution in [2.45, 2.75) is 26.7 Å². The summed E-state index contributed by atoms with van der Waals surface area (Å²) < 4.78 is 33.0. The summed E-state index contributed by atoms with van der Waals surface area (Å²) in [5.74, 6) is -1.30. The molecule has 0 amide bonds. The van der Waals surface area contributed by atoms with Crippen molar-refractivity contribution in [3.05, 3.63) is 89.0 Å². The number of benzene rings is 3. The lowest BCUT2D eigenvalue weighted by molar-refractivity contribution is 0.0888. The minimum absolute atomic E-state index is 0.236. The summed E-state index contributed by atoms with van der Waals surface area (Å²) in [5.41, 5.74) is 6.28. The topological polar surface area (TPSA) is 65.4 Å². The van der Waals surface area contributed by atoms with Gasteiger partial charge < -0.3 is 4.18 Å². The second kappa shape index (κ2) is 7.35. The van der Waals surface area contributed by atoms with Gasteiger partial charge in [0.2, 0.25) is 5.91 Å². The monoisotopic (exact) mass is 445 g/mol. The number of aromatic nitrogens is 1. The summed E-state index contributed by atoms with van der Waals surface area (Å²) in [6.45, 7) is 5.94. The van der Waals surface area contributed by atoms with Crippen molar-refractivity contribution >= 4 is 26.9 Å². The van der Waals surface area contributed by atoms with Crippen molar-refractivity contribution in [3.8, 4) is 17.0 Å². The first kappa shape index (κ1) is 20.5. The fourth-order valence-corrected chi connectivity index (χ4v) is 5.93. The third kappa shape index (κ3) is 3.14. The highest BCUT2D eigenvalue weighted by Gasteiger charge is 2.39. The van der Waals surface area contributed by atoms with Crippen LogP contribution in [0.4, 0.5) is 0 Å². The molecule has 32 heavy (non-hydrogen) atoms. The second-order valence-corrected chi connectivity index (χ2v) is 9.92. The highest BCUT2D eigenvalue weighted by molar-refractivity contribution is 7.87. The van der Waals surface area contributed by atoms with Gasteiger partial charge >= 0.3 is 10.1 Å². The predicted octanol–water partition coefficient (Wildman–Crippen LogP) is 5.38. The smallest absolute Gasteiger partial charge is 0.310 e. The van der Waals surface area contributed by atoms with E-state index >= 15 is 0 Å². The molecule has 5 nitrogen and oxygen atoms in total. The fraction of sp³-hybridized carbons (Fsp3) is 0.192. The molecular weight excluding hydrogens is 422 g/mol. The quantitative estimate of drug-likeness (QED) is 0.396. The zero-order valence-electron chi connectivity index (χ0n) is 18.1. The molecular formula is C26H23NO4S. The van der Waals surface area contributed by atoms with Gasteiger partial charge in [-0.1, -0.05) is 48.5 Å². The molecule has 0 saturated heterocycles. The standard InChI is InChI=1S/C26H23NO4S/c1-16-13-14-21-24(17(16)2)22(15-32(29,30)31-19-9-5-4-6-10-19)26(28)27-23-12-8-7-11-20(23)18(3)25(21)27/h4-14,22H,15H2,1-3H3. The summed E-state index contributed by atoms with van der Waals surface area (Å²) in [5, 5.41) is 0.990. The van der Waals surface area contributed by atoms with E-state index in [2.05, 4.69) is 0 Å². The van der Waals surface area contributed by atoms with Crippen molar-refractivity contribution < 1.29 is 17.4 Å². The largest absolute Gasteiger partial charge is 0.382 e. The summed E-state index contributed by atoms with van der Waals surface area (Å²) in [6, 6.07) is 20.1. The lowest BCUT2D eigenvalue weighted by Gasteiger charge is -2.29. The van der Waals surface area contributed by atoms with E-state index in [0.717, 1.165) is 44.4 Å². The highest BCUT2D eigenvalue weighted by atomic mass is 32.2. The lowest BCUT2D eigenvalue weighted by atomic mass is 9.84. The van der Waals surface area contributed by atoms with Gasteiger partial charge in [0.1, 0.15) is 11.5 Å². The third-order valence-corrected chi connectivity index (χ3v) is 7.56. The van der Waals surface area contributed by atoms with E-state index in [-0.39, 0.29) is 11.7 Å². The average molecular weight is 446 g/mol. The Hall–Kier alpha value is -3.38. The first-order chi connectivity index (χ1) is 15.3. The van der Waals surface area contributed by atoms with E-state index < -0.39 is 21.8 Å². The normalized spacial score (nSPS) is 15.5. The van der Waals surface area contributed by atoms with E-state index in [1.165, 1.54) is 0 Å². The van der Waals surface area contributed by atoms with Crippen LogP contribution in [0.25, 0.3) is 22.2 Å². The highest BCUT2D eigenvalue weighted by Crippen LogP contribution is 2.44. The van der Waals surface area contributed by atoms with Gasteiger partial charge in [0.15, 0.2) is 0 Å². The van der Waals surface area contributed by atoms with Gasteiger partial charge in [-0.2, -0.15) is 8.42 Å². The molecule has 0 bridgehead atoms. The van der Waals surface area contributed by atoms with E-state index in [1.807, 2.05) is 57.2 Å². The summed E-state index contributed by atoms with van der Waals surface area (Å²) in [4.78, 5) is 13.8. The molecule has 3 aromatic carbocycles. The number of aryl methyl sites for hydroxylation is 2. The third-order valence-electron chi connectivity index (χ3n) is 6.37. The molecule has 0 fully saturated rings. The van der Waals surface area contributed by atoms with E-state index in [0.29, 0.717) is 0 Å². The van der Waals surface area contributed by atoms with Gasteiger partial charge in [-0.3, -0.25) is 9.36 Å². The molecule has 0 N–H and O–H groups in total. The summed E-state index contributed by atoms with van der Waals surface area (Å²) >= 11 is 0. The van der Waals surface area contributed by atoms with Crippen LogP contribution in [-0.2, 0) is 10.1 Å². The van der Waals surface area contributed by atoms with Gasteiger partial charge in [-0.05, 0) is 61.2 Å². The fourth-order valence-electron chi connectivity index (χ4n) is 4.74. The van der Waals surface area contributed by atoms with Crippen molar-refractivity contribution in [1.29, 1.82) is 0 Å². The molecule has 0 spiro atoms. The van der Waals surface area contributed by atoms with E-state index in [9.17, 15) is 13.2 Å². The van der Waals surface area contributed by atoms with Gasteiger partial charge in [-0.15, -0.1) is 0 Å². The molecule has 0 aliphatic carbocycles. The molecule has 0 radical (unpaired) electrons. The first-order valence-electron chi connectivity index (χ1n) is 10.5. The van der Waals surface area contributed by atoms with Gasteiger partial charge in [0.25, 0.3) is 0 Å². The minimum atomic E-state index is -4.02. The molecule has 1 aliphatic heterocycles. The van der Waals surface area contributed by atoms with E-state index in [1.54, 1.807) is 34.9 Å². The maximum atomic E-state index is 13.8. The summed E-state index contributed by atoms with van der Waals surface area (Å²) in [7, 11) is -4.02. The van der Waals surface area contributed by atoms with Gasteiger partial charge in [-0.25, -0.2) is 0 Å². The summed E-state index contributed by atoms with van der Waals surface area (Å²) in [6.07, 6.45) is 0. The number of nitrogens with zero attached hydrogens (tertiary/aromatic N) is 1. The van der Waals surface area contributed by atoms with Crippen molar-refractivity contribution in [2.24, 2.45) is 0 Å². The number of hydrogen-bond acceptors (Lipinski definition) is 4. The van der Waals surface area contributed by atoms with Crippen LogP contribution in [0.3, 0.4) is 0 Å².